The van der Waals surface area contributed by atoms with Crippen molar-refractivity contribution in [3.8, 4) is 22.3 Å². The molecule has 0 saturated carbocycles. The smallest absolute Gasteiger partial charge is 0.0879 e. The van der Waals surface area contributed by atoms with Gasteiger partial charge in [-0.15, -0.1) is 0 Å². The lowest BCUT2D eigenvalue weighted by Gasteiger charge is -2.02. The van der Waals surface area contributed by atoms with Crippen molar-refractivity contribution >= 4 is 45.4 Å². The number of hydrogen-bond acceptors (Lipinski definition) is 2. The van der Waals surface area contributed by atoms with Gasteiger partial charge in [0.05, 0.1) is 33.8 Å². The van der Waals surface area contributed by atoms with Crippen LogP contribution in [-0.4, -0.2) is 19.9 Å². The number of nitrogens with zero attached hydrogens (tertiary/aromatic N) is 2. The molecular weight excluding hydrogens is 597 g/mol. The van der Waals surface area contributed by atoms with E-state index in [4.69, 9.17) is 9.97 Å². The minimum Gasteiger partial charge on any atom is -0.353 e. The van der Waals surface area contributed by atoms with Gasteiger partial charge in [-0.05, 0) is 77.7 Å². The number of aromatic amines is 2. The van der Waals surface area contributed by atoms with E-state index in [-0.39, 0.29) is 0 Å². The van der Waals surface area contributed by atoms with Crippen molar-refractivity contribution < 1.29 is 0 Å². The molecule has 0 fully saturated rings. The number of fused-ring (bicyclic) bond motifs is 10. The fourth-order valence-electron chi connectivity index (χ4n) is 6.54. The first kappa shape index (κ1) is 29.9. The first-order chi connectivity index (χ1) is 24.2. The van der Waals surface area contributed by atoms with Crippen LogP contribution in [0.5, 0.6) is 0 Å². The number of nitrogens with one attached hydrogen (secondary N) is 2. The maximum absolute atomic E-state index is 5.22. The van der Waals surface area contributed by atoms with Crippen LogP contribution in [0, 0.1) is 0 Å². The Bertz CT molecular complexity index is 2490. The summed E-state index contributed by atoms with van der Waals surface area (Å²) in [7, 11) is 0. The number of allylic oxidation sites excluding steroid dienone is 6. The van der Waals surface area contributed by atoms with Crippen molar-refractivity contribution in [3.05, 3.63) is 192 Å². The SMILES string of the molecule is C=C/C=C(\C=C/C)C1=Cc2nc1ccc1[nH]c(cc1-c1ccccc1)c1nc(ccc3[nH]c2cc3-c2ccccc2)C(c2ccccc2)=C1. The van der Waals surface area contributed by atoms with Crippen LogP contribution in [0.1, 0.15) is 35.3 Å². The third-order valence-corrected chi connectivity index (χ3v) is 8.87. The minimum atomic E-state index is 0.868. The molecule has 0 aliphatic carbocycles. The molecule has 2 aliphatic rings. The zero-order chi connectivity index (χ0) is 33.2. The van der Waals surface area contributed by atoms with Crippen molar-refractivity contribution in [1.82, 2.24) is 19.9 Å². The van der Waals surface area contributed by atoms with Crippen LogP contribution in [-0.2, 0) is 0 Å². The molecule has 8 rings (SSSR count). The summed E-state index contributed by atoms with van der Waals surface area (Å²) in [4.78, 5) is 17.9. The van der Waals surface area contributed by atoms with Gasteiger partial charge in [-0.3, -0.25) is 0 Å². The Hall–Kier alpha value is -6.52. The molecule has 4 heteroatoms. The fourth-order valence-corrected chi connectivity index (χ4v) is 6.54. The molecule has 8 bridgehead atoms. The van der Waals surface area contributed by atoms with E-state index < -0.39 is 0 Å². The van der Waals surface area contributed by atoms with Crippen LogP contribution in [0.25, 0.3) is 67.6 Å². The largest absolute Gasteiger partial charge is 0.353 e. The number of aromatic nitrogens is 4. The monoisotopic (exact) mass is 630 g/mol. The second-order valence-electron chi connectivity index (χ2n) is 12.0. The predicted octanol–water partition coefficient (Wildman–Crippen LogP) is 11.5. The summed E-state index contributed by atoms with van der Waals surface area (Å²) in [6.45, 7) is 6.01. The second kappa shape index (κ2) is 12.9. The van der Waals surface area contributed by atoms with Gasteiger partial charge in [0.15, 0.2) is 0 Å². The Morgan fingerprint density at radius 1 is 0.571 bits per heavy atom. The number of H-pyrrole nitrogens is 2. The van der Waals surface area contributed by atoms with Gasteiger partial charge in [-0.25, -0.2) is 9.97 Å². The van der Waals surface area contributed by atoms with Gasteiger partial charge in [0, 0.05) is 33.3 Å². The molecule has 4 nitrogen and oxygen atoms in total. The second-order valence-corrected chi connectivity index (χ2v) is 12.0. The van der Waals surface area contributed by atoms with Gasteiger partial charge in [0.1, 0.15) is 0 Å². The molecule has 5 heterocycles. The van der Waals surface area contributed by atoms with E-state index in [1.807, 2.05) is 43.4 Å². The molecule has 0 spiro atoms. The highest BCUT2D eigenvalue weighted by molar-refractivity contribution is 6.00. The van der Waals surface area contributed by atoms with E-state index in [0.29, 0.717) is 0 Å². The number of hydrogen-bond donors (Lipinski definition) is 2. The van der Waals surface area contributed by atoms with Crippen LogP contribution < -0.4 is 0 Å². The summed E-state index contributed by atoms with van der Waals surface area (Å²) in [6.07, 6.45) is 12.4. The molecule has 0 radical (unpaired) electrons. The van der Waals surface area contributed by atoms with Gasteiger partial charge in [0.2, 0.25) is 0 Å². The van der Waals surface area contributed by atoms with Crippen molar-refractivity contribution in [2.45, 2.75) is 6.92 Å². The third kappa shape index (κ3) is 5.81. The summed E-state index contributed by atoms with van der Waals surface area (Å²) >= 11 is 0. The summed E-state index contributed by atoms with van der Waals surface area (Å²) < 4.78 is 0. The highest BCUT2D eigenvalue weighted by atomic mass is 14.8. The van der Waals surface area contributed by atoms with Gasteiger partial charge in [0.25, 0.3) is 0 Å². The molecule has 2 aliphatic heterocycles. The molecule has 2 N–H and O–H groups in total. The molecule has 3 aromatic heterocycles. The lowest BCUT2D eigenvalue weighted by Crippen LogP contribution is -1.85. The first-order valence-corrected chi connectivity index (χ1v) is 16.5. The lowest BCUT2D eigenvalue weighted by molar-refractivity contribution is 1.30. The van der Waals surface area contributed by atoms with Crippen LogP contribution in [0.4, 0.5) is 0 Å². The van der Waals surface area contributed by atoms with Crippen molar-refractivity contribution in [2.75, 3.05) is 0 Å². The molecule has 0 saturated heterocycles. The molecule has 6 aromatic rings. The summed E-state index contributed by atoms with van der Waals surface area (Å²) in [5, 5.41) is 0. The van der Waals surface area contributed by atoms with Crippen molar-refractivity contribution in [2.24, 2.45) is 0 Å². The van der Waals surface area contributed by atoms with E-state index in [1.54, 1.807) is 0 Å². The number of benzene rings is 3. The molecule has 0 atom stereocenters. The van der Waals surface area contributed by atoms with Crippen LogP contribution in [0.2, 0.25) is 0 Å². The highest BCUT2D eigenvalue weighted by Gasteiger charge is 2.18. The Morgan fingerprint density at radius 2 is 1.08 bits per heavy atom. The van der Waals surface area contributed by atoms with Crippen LogP contribution in [0.15, 0.2) is 164 Å². The zero-order valence-corrected chi connectivity index (χ0v) is 27.2. The maximum atomic E-state index is 5.22. The van der Waals surface area contributed by atoms with E-state index >= 15 is 0 Å². The van der Waals surface area contributed by atoms with Crippen molar-refractivity contribution in [1.29, 1.82) is 0 Å². The highest BCUT2D eigenvalue weighted by Crippen LogP contribution is 2.36. The minimum absolute atomic E-state index is 0.868. The van der Waals surface area contributed by atoms with Gasteiger partial charge < -0.3 is 9.97 Å². The summed E-state index contributed by atoms with van der Waals surface area (Å²) in [5.74, 6) is 0. The van der Waals surface area contributed by atoms with Gasteiger partial charge >= 0.3 is 0 Å². The first-order valence-electron chi connectivity index (χ1n) is 16.5. The third-order valence-electron chi connectivity index (χ3n) is 8.87. The quantitative estimate of drug-likeness (QED) is 0.180. The average molecular weight is 631 g/mol. The van der Waals surface area contributed by atoms with Crippen molar-refractivity contribution in [3.63, 3.8) is 0 Å². The molecule has 234 valence electrons. The normalized spacial score (nSPS) is 13.0. The predicted molar refractivity (Wildman–Crippen MR) is 206 cm³/mol. The average Bonchev–Trinajstić information content (AvgIpc) is 3.95. The maximum Gasteiger partial charge on any atom is 0.0879 e. The molecule has 49 heavy (non-hydrogen) atoms. The van der Waals surface area contributed by atoms with Crippen LogP contribution >= 0.6 is 0 Å². The Labute approximate surface area is 285 Å². The van der Waals surface area contributed by atoms with Gasteiger partial charge in [-0.2, -0.15) is 0 Å². The number of rotatable bonds is 6. The van der Waals surface area contributed by atoms with Crippen LogP contribution in [0.3, 0.4) is 0 Å². The topological polar surface area (TPSA) is 57.4 Å². The lowest BCUT2D eigenvalue weighted by atomic mass is 10.0. The van der Waals surface area contributed by atoms with Gasteiger partial charge in [-0.1, -0.05) is 122 Å². The molecule has 3 aromatic carbocycles. The van der Waals surface area contributed by atoms with E-state index in [1.165, 1.54) is 0 Å². The molecule has 0 unspecified atom stereocenters. The fraction of sp³-hybridized carbons (Fsp3) is 0.0222. The van der Waals surface area contributed by atoms with E-state index in [9.17, 15) is 0 Å². The Kier molecular flexibility index (Phi) is 7.88. The Morgan fingerprint density at radius 3 is 1.63 bits per heavy atom. The summed E-state index contributed by atoms with van der Waals surface area (Å²) in [5.41, 5.74) is 16.1. The Balaban J connectivity index is 1.48. The van der Waals surface area contributed by atoms with E-state index in [0.717, 1.165) is 89.4 Å². The standard InChI is InChI=1S/C45H34N4/c1-3-14-30(15-4-2)34-26-42-43-27-35(31-16-8-5-9-17-31)40(47-43)24-25-41-37(33-20-12-7-13-21-33)29-45(49-41)44-28-36(32-18-10-6-11-19-32)39(48-44)23-22-38(34)46-42/h3-29,47-48H,1H2,2H3/b15-4-,23-22?,25-24?,30-14+,38-22?,39-23?,40-24?,41-25?,43-42?,45-44?. The molecular formula is C45H34N4. The summed E-state index contributed by atoms with van der Waals surface area (Å²) in [6, 6.07) is 44.3. The zero-order valence-electron chi connectivity index (χ0n) is 27.2. The molecule has 0 amide bonds. The van der Waals surface area contributed by atoms with E-state index in [2.05, 4.69) is 144 Å².